The van der Waals surface area contributed by atoms with Crippen molar-refractivity contribution >= 4 is 23.2 Å². The topological polar surface area (TPSA) is 66.4 Å². The van der Waals surface area contributed by atoms with Gasteiger partial charge < -0.3 is 10.4 Å². The average Bonchev–Trinajstić information content (AvgIpc) is 2.92. The first-order valence-electron chi connectivity index (χ1n) is 6.64. The minimum Gasteiger partial charge on any atom is -0.481 e. The third-order valence-corrected chi connectivity index (χ3v) is 4.84. The van der Waals surface area contributed by atoms with Crippen LogP contribution < -0.4 is 5.32 Å². The predicted molar refractivity (Wildman–Crippen MR) is 74.3 cm³/mol. The summed E-state index contributed by atoms with van der Waals surface area (Å²) in [6.07, 6.45) is 2.85. The van der Waals surface area contributed by atoms with Crippen molar-refractivity contribution in [2.75, 3.05) is 0 Å². The number of nitrogens with one attached hydrogen (secondary N) is 1. The van der Waals surface area contributed by atoms with Crippen molar-refractivity contribution in [2.45, 2.75) is 44.6 Å². The molecular weight excluding hydrogens is 262 g/mol. The van der Waals surface area contributed by atoms with E-state index in [1.54, 1.807) is 11.3 Å². The van der Waals surface area contributed by atoms with Crippen molar-refractivity contribution in [3.05, 3.63) is 22.4 Å². The van der Waals surface area contributed by atoms with Gasteiger partial charge in [0.1, 0.15) is 0 Å². The van der Waals surface area contributed by atoms with Crippen LogP contribution in [0.25, 0.3) is 0 Å². The number of carboxylic acids is 1. The molecule has 1 aromatic rings. The van der Waals surface area contributed by atoms with Crippen molar-refractivity contribution in [1.29, 1.82) is 0 Å². The van der Waals surface area contributed by atoms with Crippen LogP contribution in [0.2, 0.25) is 0 Å². The van der Waals surface area contributed by atoms with E-state index in [2.05, 4.69) is 5.32 Å². The van der Waals surface area contributed by atoms with E-state index >= 15 is 0 Å². The molecule has 1 amide bonds. The monoisotopic (exact) mass is 281 g/mol. The number of hydrogen-bond acceptors (Lipinski definition) is 3. The lowest BCUT2D eigenvalue weighted by atomic mass is 9.86. The zero-order valence-corrected chi connectivity index (χ0v) is 11.8. The maximum absolute atomic E-state index is 12.1. The summed E-state index contributed by atoms with van der Waals surface area (Å²) in [7, 11) is 0. The number of aliphatic carboxylic acids is 1. The van der Waals surface area contributed by atoms with Gasteiger partial charge in [0, 0.05) is 10.9 Å². The Hall–Kier alpha value is -1.36. The van der Waals surface area contributed by atoms with Gasteiger partial charge in [0.2, 0.25) is 5.91 Å². The maximum atomic E-state index is 12.1. The van der Waals surface area contributed by atoms with Crippen molar-refractivity contribution in [2.24, 2.45) is 5.92 Å². The summed E-state index contributed by atoms with van der Waals surface area (Å²) in [6, 6.07) is 4.04. The predicted octanol–water partition coefficient (Wildman–Crippen LogP) is 2.61. The molecule has 1 aliphatic rings. The van der Waals surface area contributed by atoms with E-state index in [9.17, 15) is 9.59 Å². The maximum Gasteiger partial charge on any atom is 0.306 e. The van der Waals surface area contributed by atoms with Gasteiger partial charge in [0.15, 0.2) is 0 Å². The molecule has 0 bridgehead atoms. The lowest BCUT2D eigenvalue weighted by Gasteiger charge is -2.27. The minimum atomic E-state index is -0.711. The summed E-state index contributed by atoms with van der Waals surface area (Å²) >= 11 is 1.59. The molecule has 19 heavy (non-hydrogen) atoms. The van der Waals surface area contributed by atoms with Gasteiger partial charge in [-0.1, -0.05) is 6.07 Å². The third-order valence-electron chi connectivity index (χ3n) is 3.79. The van der Waals surface area contributed by atoms with Crippen LogP contribution in [0.3, 0.4) is 0 Å². The molecule has 2 rings (SSSR count). The molecule has 1 aromatic heterocycles. The van der Waals surface area contributed by atoms with E-state index in [0.717, 1.165) is 17.7 Å². The second-order valence-electron chi connectivity index (χ2n) is 5.13. The van der Waals surface area contributed by atoms with E-state index < -0.39 is 5.97 Å². The van der Waals surface area contributed by atoms with Crippen molar-refractivity contribution in [3.63, 3.8) is 0 Å². The molecule has 0 radical (unpaired) electrons. The van der Waals surface area contributed by atoms with Gasteiger partial charge >= 0.3 is 5.97 Å². The van der Waals surface area contributed by atoms with Gasteiger partial charge in [-0.25, -0.2) is 0 Å². The van der Waals surface area contributed by atoms with E-state index in [0.29, 0.717) is 12.8 Å². The van der Waals surface area contributed by atoms with Crippen LogP contribution in [0.15, 0.2) is 17.5 Å². The highest BCUT2D eigenvalue weighted by Crippen LogP contribution is 2.26. The van der Waals surface area contributed by atoms with Crippen LogP contribution in [-0.2, 0) is 9.59 Å². The summed E-state index contributed by atoms with van der Waals surface area (Å²) in [4.78, 5) is 24.0. The normalized spacial score (nSPS) is 24.7. The molecule has 4 nitrogen and oxygen atoms in total. The van der Waals surface area contributed by atoms with Gasteiger partial charge in [0.05, 0.1) is 11.8 Å². The number of carbonyl (C=O) groups excluding carboxylic acids is 1. The molecule has 0 saturated heterocycles. The molecule has 0 aromatic carbocycles. The van der Waals surface area contributed by atoms with Crippen molar-refractivity contribution in [3.8, 4) is 0 Å². The number of hydrogen-bond donors (Lipinski definition) is 2. The number of carboxylic acid groups (broad SMARTS) is 1. The number of rotatable bonds is 4. The first kappa shape index (κ1) is 14.1. The van der Waals surface area contributed by atoms with Crippen LogP contribution in [0, 0.1) is 5.92 Å². The first-order chi connectivity index (χ1) is 9.08. The van der Waals surface area contributed by atoms with Gasteiger partial charge in [-0.2, -0.15) is 0 Å². The molecule has 104 valence electrons. The molecule has 2 N–H and O–H groups in total. The minimum absolute atomic E-state index is 0.0428. The Morgan fingerprint density at radius 1 is 1.37 bits per heavy atom. The quantitative estimate of drug-likeness (QED) is 0.891. The van der Waals surface area contributed by atoms with Gasteiger partial charge in [-0.15, -0.1) is 11.3 Å². The smallest absolute Gasteiger partial charge is 0.306 e. The van der Waals surface area contributed by atoms with Crippen LogP contribution in [0.5, 0.6) is 0 Å². The highest BCUT2D eigenvalue weighted by molar-refractivity contribution is 7.10. The molecule has 1 fully saturated rings. The first-order valence-corrected chi connectivity index (χ1v) is 7.52. The standard InChI is InChI=1S/C14H19NO3S/c1-9(12-3-2-8-19-12)13(16)15-11-6-4-10(5-7-11)14(17)18/h2-3,8-11H,4-7H2,1H3,(H,15,16)(H,17,18). The van der Waals surface area contributed by atoms with Crippen LogP contribution >= 0.6 is 11.3 Å². The van der Waals surface area contributed by atoms with Crippen LogP contribution in [-0.4, -0.2) is 23.0 Å². The molecule has 0 spiro atoms. The highest BCUT2D eigenvalue weighted by Gasteiger charge is 2.27. The van der Waals surface area contributed by atoms with E-state index in [1.807, 2.05) is 24.4 Å². The number of thiophene rings is 1. The van der Waals surface area contributed by atoms with Crippen LogP contribution in [0.4, 0.5) is 0 Å². The SMILES string of the molecule is CC(C(=O)NC1CCC(C(=O)O)CC1)c1cccs1. The lowest BCUT2D eigenvalue weighted by Crippen LogP contribution is -2.40. The Morgan fingerprint density at radius 3 is 2.58 bits per heavy atom. The third kappa shape index (κ3) is 3.56. The molecule has 0 aliphatic heterocycles. The Balaban J connectivity index is 1.82. The number of carbonyl (C=O) groups is 2. The largest absolute Gasteiger partial charge is 0.481 e. The lowest BCUT2D eigenvalue weighted by molar-refractivity contribution is -0.142. The molecule has 1 unspecified atom stereocenters. The fourth-order valence-corrected chi connectivity index (χ4v) is 3.26. The summed E-state index contributed by atoms with van der Waals surface area (Å²) in [5.74, 6) is -1.03. The summed E-state index contributed by atoms with van der Waals surface area (Å²) in [5.41, 5.74) is 0. The Kier molecular flexibility index (Phi) is 4.58. The number of amides is 1. The van der Waals surface area contributed by atoms with Gasteiger partial charge in [-0.05, 0) is 44.1 Å². The fourth-order valence-electron chi connectivity index (χ4n) is 2.48. The van der Waals surface area contributed by atoms with Crippen LogP contribution in [0.1, 0.15) is 43.4 Å². The molecule has 1 aliphatic carbocycles. The van der Waals surface area contributed by atoms with Crippen molar-refractivity contribution in [1.82, 2.24) is 5.32 Å². The highest BCUT2D eigenvalue weighted by atomic mass is 32.1. The Bertz CT molecular complexity index is 436. The second kappa shape index (κ2) is 6.19. The molecule has 1 atom stereocenters. The molecule has 5 heteroatoms. The molecular formula is C14H19NO3S. The average molecular weight is 281 g/mol. The summed E-state index contributed by atoms with van der Waals surface area (Å²) in [6.45, 7) is 1.91. The molecule has 1 saturated carbocycles. The van der Waals surface area contributed by atoms with E-state index in [1.165, 1.54) is 0 Å². The second-order valence-corrected chi connectivity index (χ2v) is 6.11. The molecule has 1 heterocycles. The Labute approximate surface area is 116 Å². The van der Waals surface area contributed by atoms with E-state index in [-0.39, 0.29) is 23.8 Å². The Morgan fingerprint density at radius 2 is 2.05 bits per heavy atom. The summed E-state index contributed by atoms with van der Waals surface area (Å²) in [5, 5.41) is 13.9. The zero-order valence-electron chi connectivity index (χ0n) is 11.0. The van der Waals surface area contributed by atoms with Gasteiger partial charge in [0.25, 0.3) is 0 Å². The van der Waals surface area contributed by atoms with Crippen molar-refractivity contribution < 1.29 is 14.7 Å². The van der Waals surface area contributed by atoms with Gasteiger partial charge in [-0.3, -0.25) is 9.59 Å². The summed E-state index contributed by atoms with van der Waals surface area (Å²) < 4.78 is 0. The van der Waals surface area contributed by atoms with E-state index in [4.69, 9.17) is 5.11 Å². The zero-order chi connectivity index (χ0) is 13.8. The fraction of sp³-hybridized carbons (Fsp3) is 0.571.